The molecule has 5 heteroatoms. The highest BCUT2D eigenvalue weighted by molar-refractivity contribution is 6.61. The zero-order chi connectivity index (χ0) is 30.0. The van der Waals surface area contributed by atoms with E-state index in [2.05, 4.69) is 116 Å². The van der Waals surface area contributed by atoms with E-state index in [-0.39, 0.29) is 5.41 Å². The summed E-state index contributed by atoms with van der Waals surface area (Å²) in [6, 6.07) is 46.0. The number of hydrogen-bond acceptors (Lipinski definition) is 4. The van der Waals surface area contributed by atoms with E-state index < -0.39 is 7.12 Å². The van der Waals surface area contributed by atoms with E-state index in [0.717, 1.165) is 39.0 Å². The molecule has 0 saturated carbocycles. The van der Waals surface area contributed by atoms with Gasteiger partial charge < -0.3 is 19.4 Å². The SMILES string of the molecule is CC1(C)c2ccccc2-c2ccc(N(c3ccc(-c4ccccc4)cc3)c3cccc4c3oc3c(B(O)O)cccc34)cc21. The molecule has 4 nitrogen and oxygen atoms in total. The smallest absolute Gasteiger partial charge is 0.454 e. The predicted octanol–water partition coefficient (Wildman–Crippen LogP) is 8.71. The third-order valence-electron chi connectivity index (χ3n) is 9.11. The van der Waals surface area contributed by atoms with Gasteiger partial charge in [0.25, 0.3) is 0 Å². The standard InChI is InChI=1S/C39H30BNO3/c1-39(2)33-15-7-6-12-29(33)30-23-22-28(24-34(30)39)41(27-20-18-26(19-21-27)25-10-4-3-5-11-25)36-17-9-14-32-31-13-8-16-35(40(42)43)37(31)44-38(32)36/h3-24,42-43H,1-2H3. The summed E-state index contributed by atoms with van der Waals surface area (Å²) in [4.78, 5) is 2.24. The largest absolute Gasteiger partial charge is 0.492 e. The molecule has 1 aliphatic rings. The predicted molar refractivity (Wildman–Crippen MR) is 181 cm³/mol. The highest BCUT2D eigenvalue weighted by Gasteiger charge is 2.36. The van der Waals surface area contributed by atoms with Crippen LogP contribution >= 0.6 is 0 Å². The Kier molecular flexibility index (Phi) is 6.02. The molecule has 1 heterocycles. The normalized spacial score (nSPS) is 13.2. The molecular weight excluding hydrogens is 541 g/mol. The second-order valence-electron chi connectivity index (χ2n) is 12.0. The number of rotatable bonds is 5. The van der Waals surface area contributed by atoms with Gasteiger partial charge in [0.15, 0.2) is 5.58 Å². The van der Waals surface area contributed by atoms with E-state index in [1.165, 1.54) is 22.3 Å². The fourth-order valence-electron chi connectivity index (χ4n) is 6.90. The van der Waals surface area contributed by atoms with Gasteiger partial charge in [0.2, 0.25) is 0 Å². The van der Waals surface area contributed by atoms with Gasteiger partial charge in [-0.2, -0.15) is 0 Å². The molecule has 7 aromatic rings. The van der Waals surface area contributed by atoms with Crippen molar-refractivity contribution in [2.45, 2.75) is 19.3 Å². The fourth-order valence-corrected chi connectivity index (χ4v) is 6.90. The third-order valence-corrected chi connectivity index (χ3v) is 9.11. The van der Waals surface area contributed by atoms with Crippen molar-refractivity contribution in [2.75, 3.05) is 4.90 Å². The van der Waals surface area contributed by atoms with Gasteiger partial charge in [-0.25, -0.2) is 0 Å². The molecule has 1 aromatic heterocycles. The number of fused-ring (bicyclic) bond motifs is 6. The van der Waals surface area contributed by atoms with Crippen LogP contribution in [0.3, 0.4) is 0 Å². The van der Waals surface area contributed by atoms with Gasteiger partial charge >= 0.3 is 7.12 Å². The second kappa shape index (κ2) is 9.98. The summed E-state index contributed by atoms with van der Waals surface area (Å²) in [7, 11) is -1.63. The van der Waals surface area contributed by atoms with Crippen LogP contribution in [0.2, 0.25) is 0 Å². The van der Waals surface area contributed by atoms with Gasteiger partial charge in [-0.05, 0) is 63.7 Å². The minimum Gasteiger partial charge on any atom is -0.454 e. The number of benzene rings is 6. The molecule has 0 spiro atoms. The second-order valence-corrected chi connectivity index (χ2v) is 12.0. The Morgan fingerprint density at radius 2 is 1.20 bits per heavy atom. The molecule has 0 bridgehead atoms. The Hall–Kier alpha value is -5.10. The number of hydrogen-bond donors (Lipinski definition) is 2. The van der Waals surface area contributed by atoms with Crippen LogP contribution in [-0.2, 0) is 5.41 Å². The minimum absolute atomic E-state index is 0.150. The molecule has 0 fully saturated rings. The van der Waals surface area contributed by atoms with E-state index in [1.807, 2.05) is 30.3 Å². The lowest BCUT2D eigenvalue weighted by atomic mass is 9.79. The summed E-state index contributed by atoms with van der Waals surface area (Å²) in [5.41, 5.74) is 11.7. The van der Waals surface area contributed by atoms with Crippen LogP contribution in [0.1, 0.15) is 25.0 Å². The van der Waals surface area contributed by atoms with E-state index in [0.29, 0.717) is 16.6 Å². The Balaban J connectivity index is 1.36. The summed E-state index contributed by atoms with van der Waals surface area (Å²) >= 11 is 0. The van der Waals surface area contributed by atoms with Gasteiger partial charge in [0.1, 0.15) is 5.58 Å². The zero-order valence-electron chi connectivity index (χ0n) is 24.5. The monoisotopic (exact) mass is 571 g/mol. The van der Waals surface area contributed by atoms with Gasteiger partial charge in [-0.15, -0.1) is 0 Å². The van der Waals surface area contributed by atoms with Crippen molar-refractivity contribution in [1.29, 1.82) is 0 Å². The van der Waals surface area contributed by atoms with Crippen LogP contribution in [-0.4, -0.2) is 17.2 Å². The van der Waals surface area contributed by atoms with Crippen molar-refractivity contribution in [3.05, 3.63) is 145 Å². The Bertz CT molecular complexity index is 2180. The summed E-state index contributed by atoms with van der Waals surface area (Å²) in [6.07, 6.45) is 0. The summed E-state index contributed by atoms with van der Waals surface area (Å²) in [6.45, 7) is 4.59. The molecule has 44 heavy (non-hydrogen) atoms. The Labute approximate surface area is 256 Å². The molecule has 0 radical (unpaired) electrons. The first-order valence-corrected chi connectivity index (χ1v) is 14.9. The molecule has 0 atom stereocenters. The molecule has 6 aromatic carbocycles. The van der Waals surface area contributed by atoms with E-state index in [9.17, 15) is 10.0 Å². The van der Waals surface area contributed by atoms with Crippen molar-refractivity contribution in [2.24, 2.45) is 0 Å². The molecule has 0 amide bonds. The molecule has 2 N–H and O–H groups in total. The van der Waals surface area contributed by atoms with Crippen LogP contribution in [0.4, 0.5) is 17.1 Å². The molecule has 0 saturated heterocycles. The van der Waals surface area contributed by atoms with E-state index in [1.54, 1.807) is 6.07 Å². The average molecular weight is 571 g/mol. The van der Waals surface area contributed by atoms with Gasteiger partial charge in [0.05, 0.1) is 5.69 Å². The van der Waals surface area contributed by atoms with Crippen LogP contribution in [0.15, 0.2) is 138 Å². The highest BCUT2D eigenvalue weighted by atomic mass is 16.4. The van der Waals surface area contributed by atoms with E-state index in [4.69, 9.17) is 4.42 Å². The Morgan fingerprint density at radius 3 is 1.98 bits per heavy atom. The maximum atomic E-state index is 10.1. The first kappa shape index (κ1) is 26.5. The third kappa shape index (κ3) is 4.01. The van der Waals surface area contributed by atoms with Crippen LogP contribution in [0.5, 0.6) is 0 Å². The number of para-hydroxylation sites is 2. The summed E-state index contributed by atoms with van der Waals surface area (Å²) in [5, 5.41) is 22.0. The van der Waals surface area contributed by atoms with Crippen LogP contribution in [0.25, 0.3) is 44.2 Å². The van der Waals surface area contributed by atoms with Crippen molar-refractivity contribution >= 4 is 51.6 Å². The van der Waals surface area contributed by atoms with Crippen molar-refractivity contribution in [3.8, 4) is 22.3 Å². The molecule has 8 rings (SSSR count). The Morgan fingerprint density at radius 1 is 0.568 bits per heavy atom. The minimum atomic E-state index is -1.63. The van der Waals surface area contributed by atoms with Gasteiger partial charge in [0, 0.05) is 33.0 Å². The van der Waals surface area contributed by atoms with Crippen molar-refractivity contribution in [3.63, 3.8) is 0 Å². The molecule has 0 aliphatic heterocycles. The van der Waals surface area contributed by atoms with Gasteiger partial charge in [-0.3, -0.25) is 0 Å². The van der Waals surface area contributed by atoms with Gasteiger partial charge in [-0.1, -0.05) is 117 Å². The van der Waals surface area contributed by atoms with Crippen LogP contribution in [0, 0.1) is 0 Å². The number of furan rings is 1. The number of nitrogens with zero attached hydrogens (tertiary/aromatic N) is 1. The highest BCUT2D eigenvalue weighted by Crippen LogP contribution is 2.51. The molecule has 0 unspecified atom stereocenters. The molecular formula is C39H30BNO3. The lowest BCUT2D eigenvalue weighted by molar-refractivity contribution is 0.425. The fraction of sp³-hybridized carbons (Fsp3) is 0.0769. The number of anilines is 3. The van der Waals surface area contributed by atoms with E-state index >= 15 is 0 Å². The lowest BCUT2D eigenvalue weighted by Crippen LogP contribution is -2.29. The van der Waals surface area contributed by atoms with Crippen LogP contribution < -0.4 is 10.4 Å². The topological polar surface area (TPSA) is 56.8 Å². The van der Waals surface area contributed by atoms with Crippen molar-refractivity contribution in [1.82, 2.24) is 0 Å². The lowest BCUT2D eigenvalue weighted by Gasteiger charge is -2.28. The summed E-state index contributed by atoms with van der Waals surface area (Å²) in [5.74, 6) is 0. The average Bonchev–Trinajstić information content (AvgIpc) is 3.55. The summed E-state index contributed by atoms with van der Waals surface area (Å²) < 4.78 is 6.52. The first-order valence-electron chi connectivity index (χ1n) is 14.9. The maximum absolute atomic E-state index is 10.1. The molecule has 212 valence electrons. The zero-order valence-corrected chi connectivity index (χ0v) is 24.5. The first-order chi connectivity index (χ1) is 21.4. The quantitative estimate of drug-likeness (QED) is 0.203. The van der Waals surface area contributed by atoms with Crippen molar-refractivity contribution < 1.29 is 14.5 Å². The molecule has 1 aliphatic carbocycles. The maximum Gasteiger partial charge on any atom is 0.492 e.